The van der Waals surface area contributed by atoms with Crippen LogP contribution in [0.5, 0.6) is 0 Å². The highest BCUT2D eigenvalue weighted by Gasteiger charge is 2.23. The highest BCUT2D eigenvalue weighted by molar-refractivity contribution is 6.38. The van der Waals surface area contributed by atoms with Gasteiger partial charge >= 0.3 is 5.97 Å². The van der Waals surface area contributed by atoms with Gasteiger partial charge in [-0.1, -0.05) is 47.1 Å². The summed E-state index contributed by atoms with van der Waals surface area (Å²) >= 11 is 6.39. The van der Waals surface area contributed by atoms with Crippen LogP contribution in [-0.2, 0) is 4.74 Å². The number of fused-ring (bicyclic) bond motifs is 1. The Kier molecular flexibility index (Phi) is 4.04. The van der Waals surface area contributed by atoms with E-state index >= 15 is 0 Å². The summed E-state index contributed by atoms with van der Waals surface area (Å²) in [5.41, 5.74) is 2.57. The topological polar surface area (TPSA) is 63.8 Å². The predicted molar refractivity (Wildman–Crippen MR) is 89.0 cm³/mol. The van der Waals surface area contributed by atoms with E-state index in [0.717, 1.165) is 22.2 Å². The number of esters is 1. The monoisotopic (exact) mass is 328 g/mol. The summed E-state index contributed by atoms with van der Waals surface area (Å²) in [7, 11) is 1.32. The van der Waals surface area contributed by atoms with Crippen molar-refractivity contribution >= 4 is 34.7 Å². The largest absolute Gasteiger partial charge is 0.464 e. The number of benzene rings is 2. The van der Waals surface area contributed by atoms with Crippen molar-refractivity contribution < 1.29 is 14.7 Å². The lowest BCUT2D eigenvalue weighted by Gasteiger charge is -2.10. The number of nitrogens with zero attached hydrogens (tertiary/aromatic N) is 2. The molecule has 0 aliphatic carbocycles. The first-order valence-electron chi connectivity index (χ1n) is 6.82. The summed E-state index contributed by atoms with van der Waals surface area (Å²) in [5, 5.41) is 12.7. The number of para-hydroxylation sites is 1. The smallest absolute Gasteiger partial charge is 0.356 e. The second kappa shape index (κ2) is 6.14. The minimum atomic E-state index is -0.507. The molecule has 0 amide bonds. The van der Waals surface area contributed by atoms with Crippen LogP contribution in [0.15, 0.2) is 53.7 Å². The molecule has 116 valence electrons. The van der Waals surface area contributed by atoms with Gasteiger partial charge in [-0.15, -0.1) is 0 Å². The normalized spacial score (nSPS) is 11.2. The molecule has 1 heterocycles. The minimum absolute atomic E-state index is 0.277. The van der Waals surface area contributed by atoms with Crippen LogP contribution in [-0.4, -0.2) is 29.1 Å². The summed E-state index contributed by atoms with van der Waals surface area (Å²) in [6, 6.07) is 14.7. The Morgan fingerprint density at radius 1 is 1.22 bits per heavy atom. The van der Waals surface area contributed by atoms with E-state index in [9.17, 15) is 4.79 Å². The van der Waals surface area contributed by atoms with E-state index in [4.69, 9.17) is 21.5 Å². The number of aromatic nitrogens is 1. The number of methoxy groups -OCH3 is 1. The van der Waals surface area contributed by atoms with Crippen LogP contribution < -0.4 is 0 Å². The van der Waals surface area contributed by atoms with Crippen molar-refractivity contribution in [1.29, 1.82) is 0 Å². The molecule has 0 bridgehead atoms. The lowest BCUT2D eigenvalue weighted by Crippen LogP contribution is -2.09. The van der Waals surface area contributed by atoms with E-state index in [2.05, 4.69) is 5.16 Å². The van der Waals surface area contributed by atoms with Crippen LogP contribution >= 0.6 is 11.6 Å². The van der Waals surface area contributed by atoms with E-state index in [1.807, 2.05) is 36.4 Å². The first kappa shape index (κ1) is 15.1. The van der Waals surface area contributed by atoms with Crippen molar-refractivity contribution in [2.75, 3.05) is 7.11 Å². The first-order chi connectivity index (χ1) is 11.2. The lowest BCUT2D eigenvalue weighted by molar-refractivity contribution is 0.0592. The summed E-state index contributed by atoms with van der Waals surface area (Å²) in [5.74, 6) is -0.507. The molecule has 5 nitrogen and oxygen atoms in total. The Bertz CT molecular complexity index is 898. The standard InChI is InChI=1S/C17H13ClN2O3/c1-23-17(21)16-15(18)13-4-2-3-5-14(13)20(16)12-8-6-11(7-9-12)10-19-22/h2-10,22H,1H3/b19-10+. The van der Waals surface area contributed by atoms with Crippen molar-refractivity contribution in [2.24, 2.45) is 5.16 Å². The molecule has 1 N–H and O–H groups in total. The van der Waals surface area contributed by atoms with E-state index in [1.54, 1.807) is 16.7 Å². The lowest BCUT2D eigenvalue weighted by atomic mass is 10.2. The minimum Gasteiger partial charge on any atom is -0.464 e. The van der Waals surface area contributed by atoms with Gasteiger partial charge in [0, 0.05) is 11.1 Å². The summed E-state index contributed by atoms with van der Waals surface area (Å²) in [6.07, 6.45) is 1.33. The Morgan fingerprint density at radius 2 is 1.91 bits per heavy atom. The zero-order valence-electron chi connectivity index (χ0n) is 12.2. The van der Waals surface area contributed by atoms with Crippen molar-refractivity contribution in [1.82, 2.24) is 4.57 Å². The van der Waals surface area contributed by atoms with Gasteiger partial charge < -0.3 is 14.5 Å². The third kappa shape index (κ3) is 2.55. The van der Waals surface area contributed by atoms with Gasteiger partial charge in [0.1, 0.15) is 0 Å². The van der Waals surface area contributed by atoms with Gasteiger partial charge in [0.05, 0.1) is 23.9 Å². The molecule has 3 aromatic rings. The third-order valence-electron chi connectivity index (χ3n) is 3.55. The summed E-state index contributed by atoms with van der Waals surface area (Å²) in [6.45, 7) is 0. The molecule has 1 aromatic heterocycles. The van der Waals surface area contributed by atoms with E-state index in [0.29, 0.717) is 5.02 Å². The van der Waals surface area contributed by atoms with E-state index < -0.39 is 5.97 Å². The molecule has 0 fully saturated rings. The predicted octanol–water partition coefficient (Wildman–Crippen LogP) is 3.88. The van der Waals surface area contributed by atoms with Gasteiger partial charge in [-0.05, 0) is 23.8 Å². The maximum atomic E-state index is 12.2. The van der Waals surface area contributed by atoms with Crippen molar-refractivity contribution in [3.05, 3.63) is 64.8 Å². The van der Waals surface area contributed by atoms with Gasteiger partial charge in [-0.3, -0.25) is 0 Å². The van der Waals surface area contributed by atoms with Crippen molar-refractivity contribution in [3.8, 4) is 5.69 Å². The fourth-order valence-corrected chi connectivity index (χ4v) is 2.84. The third-order valence-corrected chi connectivity index (χ3v) is 3.93. The second-order valence-corrected chi connectivity index (χ2v) is 5.22. The van der Waals surface area contributed by atoms with Crippen LogP contribution in [0.3, 0.4) is 0 Å². The average Bonchev–Trinajstić information content (AvgIpc) is 2.88. The zero-order chi connectivity index (χ0) is 16.4. The molecule has 0 radical (unpaired) electrons. The molecule has 0 aliphatic heterocycles. The number of rotatable bonds is 3. The van der Waals surface area contributed by atoms with Crippen molar-refractivity contribution in [2.45, 2.75) is 0 Å². The van der Waals surface area contributed by atoms with Gasteiger partial charge in [0.15, 0.2) is 5.69 Å². The SMILES string of the molecule is COC(=O)c1c(Cl)c2ccccc2n1-c1ccc(/C=N/O)cc1. The second-order valence-electron chi connectivity index (χ2n) is 4.84. The quantitative estimate of drug-likeness (QED) is 0.343. The highest BCUT2D eigenvalue weighted by atomic mass is 35.5. The van der Waals surface area contributed by atoms with Crippen LogP contribution in [0.4, 0.5) is 0 Å². The van der Waals surface area contributed by atoms with E-state index in [1.165, 1.54) is 13.3 Å². The molecule has 23 heavy (non-hydrogen) atoms. The number of ether oxygens (including phenoxy) is 1. The van der Waals surface area contributed by atoms with Gasteiger partial charge in [0.25, 0.3) is 0 Å². The Hall–Kier alpha value is -2.79. The number of oxime groups is 1. The zero-order valence-corrected chi connectivity index (χ0v) is 13.0. The van der Waals surface area contributed by atoms with Crippen LogP contribution in [0, 0.1) is 0 Å². The molecule has 0 aliphatic rings. The first-order valence-corrected chi connectivity index (χ1v) is 7.20. The van der Waals surface area contributed by atoms with Crippen LogP contribution in [0.1, 0.15) is 16.1 Å². The highest BCUT2D eigenvalue weighted by Crippen LogP contribution is 2.33. The molecule has 0 atom stereocenters. The Labute approximate surface area is 137 Å². The molecule has 3 rings (SSSR count). The molecule has 0 spiro atoms. The number of hydrogen-bond donors (Lipinski definition) is 1. The number of carbonyl (C=O) groups excluding carboxylic acids is 1. The van der Waals surface area contributed by atoms with Crippen LogP contribution in [0.2, 0.25) is 5.02 Å². The van der Waals surface area contributed by atoms with Gasteiger partial charge in [0.2, 0.25) is 0 Å². The molecule has 2 aromatic carbocycles. The van der Waals surface area contributed by atoms with Gasteiger partial charge in [-0.2, -0.15) is 0 Å². The molecular formula is C17H13ClN2O3. The van der Waals surface area contributed by atoms with Crippen molar-refractivity contribution in [3.63, 3.8) is 0 Å². The fraction of sp³-hybridized carbons (Fsp3) is 0.0588. The Morgan fingerprint density at radius 3 is 2.57 bits per heavy atom. The number of carbonyl (C=O) groups is 1. The van der Waals surface area contributed by atoms with E-state index in [-0.39, 0.29) is 5.69 Å². The average molecular weight is 329 g/mol. The fourth-order valence-electron chi connectivity index (χ4n) is 2.52. The van der Waals surface area contributed by atoms with Gasteiger partial charge in [-0.25, -0.2) is 4.79 Å². The summed E-state index contributed by atoms with van der Waals surface area (Å²) < 4.78 is 6.63. The summed E-state index contributed by atoms with van der Waals surface area (Å²) in [4.78, 5) is 12.2. The number of hydrogen-bond acceptors (Lipinski definition) is 4. The molecule has 0 saturated heterocycles. The number of halogens is 1. The molecule has 0 unspecified atom stereocenters. The van der Waals surface area contributed by atoms with Crippen LogP contribution in [0.25, 0.3) is 16.6 Å². The Balaban J connectivity index is 2.28. The maximum absolute atomic E-state index is 12.2. The molecular weight excluding hydrogens is 316 g/mol. The molecule has 6 heteroatoms. The maximum Gasteiger partial charge on any atom is 0.356 e. The molecule has 0 saturated carbocycles.